The first-order valence-corrected chi connectivity index (χ1v) is 10.5. The quantitative estimate of drug-likeness (QED) is 0.422. The number of benzene rings is 1. The van der Waals surface area contributed by atoms with Crippen molar-refractivity contribution in [1.29, 1.82) is 0 Å². The van der Waals surface area contributed by atoms with Gasteiger partial charge in [-0.2, -0.15) is 0 Å². The van der Waals surface area contributed by atoms with Crippen LogP contribution in [0.2, 0.25) is 0 Å². The molecule has 1 atom stereocenters. The zero-order chi connectivity index (χ0) is 18.7. The van der Waals surface area contributed by atoms with Crippen LogP contribution in [-0.4, -0.2) is 20.7 Å². The Kier molecular flexibility index (Phi) is 6.19. The molecule has 26 heavy (non-hydrogen) atoms. The van der Waals surface area contributed by atoms with Crippen LogP contribution < -0.4 is 11.3 Å². The third-order valence-electron chi connectivity index (χ3n) is 4.61. The molecule has 3 rings (SSSR count). The monoisotopic (exact) mass is 435 g/mol. The average Bonchev–Trinajstić information content (AvgIpc) is 2.63. The Morgan fingerprint density at radius 2 is 2.23 bits per heavy atom. The van der Waals surface area contributed by atoms with E-state index in [1.165, 1.54) is 30.2 Å². The molecule has 5 nitrogen and oxygen atoms in total. The number of aromatic nitrogens is 2. The van der Waals surface area contributed by atoms with Crippen LogP contribution in [0.1, 0.15) is 39.0 Å². The van der Waals surface area contributed by atoms with Gasteiger partial charge < -0.3 is 5.73 Å². The van der Waals surface area contributed by atoms with Crippen molar-refractivity contribution in [2.24, 2.45) is 5.73 Å². The van der Waals surface area contributed by atoms with Crippen LogP contribution in [-0.2, 0) is 11.3 Å². The highest BCUT2D eigenvalue weighted by Crippen LogP contribution is 2.25. The molecule has 7 heteroatoms. The summed E-state index contributed by atoms with van der Waals surface area (Å²) < 4.78 is 2.53. The standard InChI is InChI=1S/C19H22BrN3O2S/c1-12(17(21)24)26-19-22-16-8-7-14(20)11-15(16)18(25)23(19)10-9-13-5-3-2-4-6-13/h5,7-8,11-12H,2-4,6,9-10H2,1H3,(H2,21,24). The second-order valence-electron chi connectivity index (χ2n) is 6.53. The molecule has 0 saturated carbocycles. The Labute approximate surface area is 165 Å². The van der Waals surface area contributed by atoms with Gasteiger partial charge in [-0.15, -0.1) is 0 Å². The maximum absolute atomic E-state index is 13.1. The first-order chi connectivity index (χ1) is 12.5. The summed E-state index contributed by atoms with van der Waals surface area (Å²) in [6.07, 6.45) is 7.79. The zero-order valence-electron chi connectivity index (χ0n) is 14.7. The summed E-state index contributed by atoms with van der Waals surface area (Å²) in [6, 6.07) is 5.47. The number of rotatable bonds is 6. The van der Waals surface area contributed by atoms with Crippen molar-refractivity contribution in [3.8, 4) is 0 Å². The van der Waals surface area contributed by atoms with E-state index in [4.69, 9.17) is 5.73 Å². The van der Waals surface area contributed by atoms with E-state index in [1.807, 2.05) is 12.1 Å². The normalized spacial score (nSPS) is 15.7. The van der Waals surface area contributed by atoms with Crippen molar-refractivity contribution in [3.63, 3.8) is 0 Å². The highest BCUT2D eigenvalue weighted by molar-refractivity contribution is 9.10. The molecule has 0 saturated heterocycles. The Bertz CT molecular complexity index is 923. The van der Waals surface area contributed by atoms with E-state index < -0.39 is 11.2 Å². The van der Waals surface area contributed by atoms with Gasteiger partial charge in [0.1, 0.15) is 0 Å². The molecule has 1 aliphatic rings. The Balaban J connectivity index is 2.00. The van der Waals surface area contributed by atoms with Crippen LogP contribution >= 0.6 is 27.7 Å². The van der Waals surface area contributed by atoms with E-state index in [9.17, 15) is 9.59 Å². The van der Waals surface area contributed by atoms with Crippen LogP contribution in [0.4, 0.5) is 0 Å². The molecule has 0 fully saturated rings. The van der Waals surface area contributed by atoms with E-state index in [-0.39, 0.29) is 5.56 Å². The fourth-order valence-corrected chi connectivity index (χ4v) is 4.31. The van der Waals surface area contributed by atoms with E-state index in [0.29, 0.717) is 22.6 Å². The molecule has 1 unspecified atom stereocenters. The highest BCUT2D eigenvalue weighted by atomic mass is 79.9. The number of fused-ring (bicyclic) bond motifs is 1. The molecule has 1 amide bonds. The molecule has 138 valence electrons. The molecule has 0 aliphatic heterocycles. The number of nitrogens with zero attached hydrogens (tertiary/aromatic N) is 2. The lowest BCUT2D eigenvalue weighted by Crippen LogP contribution is -2.27. The Morgan fingerprint density at radius 1 is 1.42 bits per heavy atom. The van der Waals surface area contributed by atoms with Crippen LogP contribution in [0, 0.1) is 0 Å². The van der Waals surface area contributed by atoms with Gasteiger partial charge in [-0.05, 0) is 57.2 Å². The maximum atomic E-state index is 13.1. The number of carbonyl (C=O) groups is 1. The minimum absolute atomic E-state index is 0.0770. The summed E-state index contributed by atoms with van der Waals surface area (Å²) in [5, 5.41) is 0.676. The number of thioether (sulfide) groups is 1. The molecule has 2 aromatic rings. The average molecular weight is 436 g/mol. The number of allylic oxidation sites excluding steroid dienone is 2. The molecular formula is C19H22BrN3O2S. The molecule has 1 aromatic carbocycles. The molecule has 1 aliphatic carbocycles. The number of halogens is 1. The van der Waals surface area contributed by atoms with Crippen molar-refractivity contribution < 1.29 is 4.79 Å². The SMILES string of the molecule is CC(Sc1nc2ccc(Br)cc2c(=O)n1CCC1=CCCCC1)C(N)=O. The molecule has 1 aromatic heterocycles. The van der Waals surface area contributed by atoms with E-state index in [2.05, 4.69) is 27.0 Å². The summed E-state index contributed by atoms with van der Waals surface area (Å²) in [7, 11) is 0. The second kappa shape index (κ2) is 8.39. The van der Waals surface area contributed by atoms with Gasteiger partial charge in [-0.1, -0.05) is 39.3 Å². The molecule has 2 N–H and O–H groups in total. The van der Waals surface area contributed by atoms with E-state index in [0.717, 1.165) is 23.7 Å². The van der Waals surface area contributed by atoms with Crippen LogP contribution in [0.25, 0.3) is 10.9 Å². The van der Waals surface area contributed by atoms with Gasteiger partial charge in [-0.3, -0.25) is 14.2 Å². The predicted molar refractivity (Wildman–Crippen MR) is 109 cm³/mol. The number of nitrogens with two attached hydrogens (primary N) is 1. The number of primary amides is 1. The van der Waals surface area contributed by atoms with Crippen LogP contribution in [0.3, 0.4) is 0 Å². The van der Waals surface area contributed by atoms with Gasteiger partial charge in [-0.25, -0.2) is 4.98 Å². The molecule has 0 spiro atoms. The van der Waals surface area contributed by atoms with Crippen LogP contribution in [0.5, 0.6) is 0 Å². The van der Waals surface area contributed by atoms with Gasteiger partial charge in [0, 0.05) is 11.0 Å². The van der Waals surface area contributed by atoms with Gasteiger partial charge in [0.15, 0.2) is 5.16 Å². The summed E-state index contributed by atoms with van der Waals surface area (Å²) in [6.45, 7) is 2.30. The Morgan fingerprint density at radius 3 is 2.92 bits per heavy atom. The van der Waals surface area contributed by atoms with E-state index >= 15 is 0 Å². The molecule has 0 bridgehead atoms. The Hall–Kier alpha value is -1.60. The second-order valence-corrected chi connectivity index (χ2v) is 8.76. The van der Waals surface area contributed by atoms with Crippen molar-refractivity contribution >= 4 is 44.5 Å². The predicted octanol–water partition coefficient (Wildman–Crippen LogP) is 4.02. The molecule has 0 radical (unpaired) electrons. The number of hydrogen-bond donors (Lipinski definition) is 1. The smallest absolute Gasteiger partial charge is 0.262 e. The van der Waals surface area contributed by atoms with Crippen LogP contribution in [0.15, 0.2) is 44.3 Å². The third-order valence-corrected chi connectivity index (χ3v) is 6.21. The van der Waals surface area contributed by atoms with Gasteiger partial charge in [0.05, 0.1) is 16.2 Å². The number of hydrogen-bond acceptors (Lipinski definition) is 4. The first kappa shape index (κ1) is 19.2. The summed E-state index contributed by atoms with van der Waals surface area (Å²) >= 11 is 4.66. The topological polar surface area (TPSA) is 78.0 Å². The minimum Gasteiger partial charge on any atom is -0.369 e. The van der Waals surface area contributed by atoms with Crippen molar-refractivity contribution in [3.05, 3.63) is 44.7 Å². The summed E-state index contributed by atoms with van der Waals surface area (Å²) in [5.41, 5.74) is 7.36. The molecule has 1 heterocycles. The highest BCUT2D eigenvalue weighted by Gasteiger charge is 2.18. The summed E-state index contributed by atoms with van der Waals surface area (Å²) in [5.74, 6) is -0.415. The third kappa shape index (κ3) is 4.38. The summed E-state index contributed by atoms with van der Waals surface area (Å²) in [4.78, 5) is 29.2. The lowest BCUT2D eigenvalue weighted by Gasteiger charge is -2.17. The van der Waals surface area contributed by atoms with Gasteiger partial charge >= 0.3 is 0 Å². The fraction of sp³-hybridized carbons (Fsp3) is 0.421. The van der Waals surface area contributed by atoms with Crippen molar-refractivity contribution in [2.45, 2.75) is 56.0 Å². The lowest BCUT2D eigenvalue weighted by atomic mass is 9.97. The maximum Gasteiger partial charge on any atom is 0.262 e. The first-order valence-electron chi connectivity index (χ1n) is 8.79. The lowest BCUT2D eigenvalue weighted by molar-refractivity contribution is -0.117. The van der Waals surface area contributed by atoms with E-state index in [1.54, 1.807) is 17.6 Å². The number of carbonyl (C=O) groups excluding carboxylic acids is 1. The van der Waals surface area contributed by atoms with Crippen molar-refractivity contribution in [1.82, 2.24) is 9.55 Å². The zero-order valence-corrected chi connectivity index (χ0v) is 17.1. The minimum atomic E-state index is -0.449. The van der Waals surface area contributed by atoms with Gasteiger partial charge in [0.2, 0.25) is 5.91 Å². The fourth-order valence-electron chi connectivity index (χ4n) is 3.06. The number of amides is 1. The molecular weight excluding hydrogens is 414 g/mol. The van der Waals surface area contributed by atoms with Gasteiger partial charge in [0.25, 0.3) is 5.56 Å². The largest absolute Gasteiger partial charge is 0.369 e. The van der Waals surface area contributed by atoms with Crippen molar-refractivity contribution in [2.75, 3.05) is 0 Å².